The molecular weight excluding hydrogens is 354 g/mol. The smallest absolute Gasteiger partial charge is 0.243 e. The number of aryl methyl sites for hydroxylation is 1. The summed E-state index contributed by atoms with van der Waals surface area (Å²) in [5.74, 6) is -0.161. The molecule has 0 aliphatic carbocycles. The number of sulfonamides is 1. The Kier molecular flexibility index (Phi) is 6.00. The second kappa shape index (κ2) is 8.41. The number of carbonyl (C=O) groups is 1. The Morgan fingerprint density at radius 3 is 2.65 bits per heavy atom. The zero-order valence-corrected chi connectivity index (χ0v) is 15.4. The summed E-state index contributed by atoms with van der Waals surface area (Å²) < 4.78 is 29.0. The number of nitrogens with zero attached hydrogens (tertiary/aromatic N) is 4. The third-order valence-electron chi connectivity index (χ3n) is 4.42. The van der Waals surface area contributed by atoms with Crippen molar-refractivity contribution in [3.63, 3.8) is 0 Å². The Balaban J connectivity index is 1.64. The van der Waals surface area contributed by atoms with Crippen LogP contribution in [0.5, 0.6) is 0 Å². The van der Waals surface area contributed by atoms with Gasteiger partial charge < -0.3 is 5.32 Å². The highest BCUT2D eigenvalue weighted by atomic mass is 32.2. The lowest BCUT2D eigenvalue weighted by atomic mass is 10.2. The lowest BCUT2D eigenvalue weighted by Crippen LogP contribution is -2.36. The minimum Gasteiger partial charge on any atom is -0.352 e. The molecule has 0 radical (unpaired) electrons. The Bertz CT molecular complexity index is 830. The summed E-state index contributed by atoms with van der Waals surface area (Å²) in [6.45, 7) is 1.72. The van der Waals surface area contributed by atoms with E-state index < -0.39 is 10.0 Å². The topological polar surface area (TPSA) is 97.2 Å². The molecule has 0 bridgehead atoms. The van der Waals surface area contributed by atoms with Crippen LogP contribution in [-0.2, 0) is 27.9 Å². The first-order valence-electron chi connectivity index (χ1n) is 8.74. The van der Waals surface area contributed by atoms with Gasteiger partial charge in [-0.25, -0.2) is 13.4 Å². The van der Waals surface area contributed by atoms with E-state index in [2.05, 4.69) is 15.4 Å². The molecule has 1 saturated heterocycles. The summed E-state index contributed by atoms with van der Waals surface area (Å²) in [5, 5.41) is 6.74. The van der Waals surface area contributed by atoms with Crippen LogP contribution in [0.2, 0.25) is 0 Å². The number of benzene rings is 1. The molecule has 1 fully saturated rings. The van der Waals surface area contributed by atoms with Gasteiger partial charge in [-0.3, -0.25) is 9.48 Å². The first-order chi connectivity index (χ1) is 12.6. The van der Waals surface area contributed by atoms with Gasteiger partial charge in [-0.2, -0.15) is 9.40 Å². The standard InChI is InChI=1S/C17H23N5O3S/c23-17(8-11-21-14-18-13-20-21)19-12-15-6-2-3-7-16(15)26(24,25)22-9-4-1-5-10-22/h2-3,6-7,13-14H,1,4-5,8-12H2,(H,19,23). The monoisotopic (exact) mass is 377 g/mol. The van der Waals surface area contributed by atoms with Gasteiger partial charge in [0.05, 0.1) is 11.4 Å². The molecule has 1 aromatic carbocycles. The Hall–Kier alpha value is -2.26. The molecule has 0 saturated carbocycles. The third kappa shape index (κ3) is 4.47. The maximum absolute atomic E-state index is 12.9. The van der Waals surface area contributed by atoms with E-state index in [9.17, 15) is 13.2 Å². The average molecular weight is 377 g/mol. The average Bonchev–Trinajstić information content (AvgIpc) is 3.19. The zero-order valence-electron chi connectivity index (χ0n) is 14.5. The summed E-state index contributed by atoms with van der Waals surface area (Å²) in [7, 11) is -3.53. The van der Waals surface area contributed by atoms with E-state index in [4.69, 9.17) is 0 Å². The van der Waals surface area contributed by atoms with E-state index in [1.165, 1.54) is 6.33 Å². The van der Waals surface area contributed by atoms with E-state index in [0.29, 0.717) is 25.2 Å². The summed E-state index contributed by atoms with van der Waals surface area (Å²) in [5.41, 5.74) is 0.604. The van der Waals surface area contributed by atoms with Gasteiger partial charge in [0.1, 0.15) is 12.7 Å². The molecule has 1 amide bonds. The number of amides is 1. The Morgan fingerprint density at radius 2 is 1.92 bits per heavy atom. The second-order valence-corrected chi connectivity index (χ2v) is 8.16. The van der Waals surface area contributed by atoms with Crippen LogP contribution in [0.4, 0.5) is 0 Å². The van der Waals surface area contributed by atoms with Crippen molar-refractivity contribution in [3.8, 4) is 0 Å². The highest BCUT2D eigenvalue weighted by Crippen LogP contribution is 2.23. The fourth-order valence-electron chi connectivity index (χ4n) is 2.99. The minimum absolute atomic E-state index is 0.161. The number of carbonyl (C=O) groups excluding carboxylic acids is 1. The lowest BCUT2D eigenvalue weighted by Gasteiger charge is -2.26. The van der Waals surface area contributed by atoms with Crippen LogP contribution in [-0.4, -0.2) is 46.5 Å². The number of rotatable bonds is 7. The van der Waals surface area contributed by atoms with Crippen molar-refractivity contribution < 1.29 is 13.2 Å². The molecule has 140 valence electrons. The molecule has 1 N–H and O–H groups in total. The van der Waals surface area contributed by atoms with Gasteiger partial charge >= 0.3 is 0 Å². The van der Waals surface area contributed by atoms with Crippen LogP contribution >= 0.6 is 0 Å². The molecular formula is C17H23N5O3S. The maximum atomic E-state index is 12.9. The van der Waals surface area contributed by atoms with E-state index >= 15 is 0 Å². The fourth-order valence-corrected chi connectivity index (χ4v) is 4.73. The molecule has 1 aliphatic heterocycles. The van der Waals surface area contributed by atoms with E-state index in [0.717, 1.165) is 19.3 Å². The maximum Gasteiger partial charge on any atom is 0.243 e. The SMILES string of the molecule is O=C(CCn1cncn1)NCc1ccccc1S(=O)(=O)N1CCCCC1. The molecule has 26 heavy (non-hydrogen) atoms. The van der Waals surface area contributed by atoms with Crippen LogP contribution in [0.15, 0.2) is 41.8 Å². The number of aromatic nitrogens is 3. The predicted molar refractivity (Wildman–Crippen MR) is 95.5 cm³/mol. The highest BCUT2D eigenvalue weighted by molar-refractivity contribution is 7.89. The minimum atomic E-state index is -3.53. The zero-order chi connectivity index (χ0) is 18.4. The lowest BCUT2D eigenvalue weighted by molar-refractivity contribution is -0.121. The largest absolute Gasteiger partial charge is 0.352 e. The summed E-state index contributed by atoms with van der Waals surface area (Å²) >= 11 is 0. The van der Waals surface area contributed by atoms with E-state index in [-0.39, 0.29) is 23.8 Å². The molecule has 8 nitrogen and oxygen atoms in total. The molecule has 3 rings (SSSR count). The van der Waals surface area contributed by atoms with Crippen molar-refractivity contribution in [1.29, 1.82) is 0 Å². The molecule has 9 heteroatoms. The van der Waals surface area contributed by atoms with Crippen LogP contribution in [0.25, 0.3) is 0 Å². The van der Waals surface area contributed by atoms with Gasteiger partial charge in [0.15, 0.2) is 0 Å². The molecule has 1 aliphatic rings. The van der Waals surface area contributed by atoms with Crippen molar-refractivity contribution in [3.05, 3.63) is 42.5 Å². The van der Waals surface area contributed by atoms with E-state index in [1.807, 2.05) is 0 Å². The van der Waals surface area contributed by atoms with Crippen molar-refractivity contribution in [2.24, 2.45) is 0 Å². The molecule has 1 aromatic heterocycles. The van der Waals surface area contributed by atoms with Gasteiger partial charge in [-0.1, -0.05) is 24.6 Å². The van der Waals surface area contributed by atoms with Crippen molar-refractivity contribution in [1.82, 2.24) is 24.4 Å². The fraction of sp³-hybridized carbons (Fsp3) is 0.471. The Morgan fingerprint density at radius 1 is 1.15 bits per heavy atom. The van der Waals surface area contributed by atoms with Gasteiger partial charge in [0.25, 0.3) is 0 Å². The molecule has 0 spiro atoms. The summed E-state index contributed by atoms with van der Waals surface area (Å²) in [6, 6.07) is 6.86. The number of hydrogen-bond donors (Lipinski definition) is 1. The first kappa shape index (κ1) is 18.5. The normalized spacial score (nSPS) is 15.7. The molecule has 0 unspecified atom stereocenters. The number of hydrogen-bond acceptors (Lipinski definition) is 5. The van der Waals surface area contributed by atoms with Gasteiger partial charge in [-0.15, -0.1) is 0 Å². The van der Waals surface area contributed by atoms with Crippen molar-refractivity contribution in [2.75, 3.05) is 13.1 Å². The Labute approximate surface area is 153 Å². The third-order valence-corrected chi connectivity index (χ3v) is 6.42. The molecule has 0 atom stereocenters. The summed E-state index contributed by atoms with van der Waals surface area (Å²) in [6.07, 6.45) is 6.06. The highest BCUT2D eigenvalue weighted by Gasteiger charge is 2.27. The van der Waals surface area contributed by atoms with Crippen LogP contribution in [0, 0.1) is 0 Å². The van der Waals surface area contributed by atoms with Crippen molar-refractivity contribution in [2.45, 2.75) is 43.7 Å². The molecule has 2 heterocycles. The predicted octanol–water partition coefficient (Wildman–Crippen LogP) is 1.16. The molecule has 2 aromatic rings. The second-order valence-electron chi connectivity index (χ2n) is 6.26. The van der Waals surface area contributed by atoms with Gasteiger partial charge in [0.2, 0.25) is 15.9 Å². The van der Waals surface area contributed by atoms with Crippen LogP contribution in [0.3, 0.4) is 0 Å². The number of nitrogens with one attached hydrogen (secondary N) is 1. The summed E-state index contributed by atoms with van der Waals surface area (Å²) in [4.78, 5) is 16.1. The van der Waals surface area contributed by atoms with Gasteiger partial charge in [-0.05, 0) is 24.5 Å². The van der Waals surface area contributed by atoms with Gasteiger partial charge in [0, 0.05) is 26.1 Å². The first-order valence-corrected chi connectivity index (χ1v) is 10.2. The van der Waals surface area contributed by atoms with E-state index in [1.54, 1.807) is 39.6 Å². The number of piperidine rings is 1. The van der Waals surface area contributed by atoms with Crippen molar-refractivity contribution >= 4 is 15.9 Å². The van der Waals surface area contributed by atoms with Crippen LogP contribution in [0.1, 0.15) is 31.2 Å². The quantitative estimate of drug-likeness (QED) is 0.781. The van der Waals surface area contributed by atoms with Crippen LogP contribution < -0.4 is 5.32 Å².